The van der Waals surface area contributed by atoms with Gasteiger partial charge in [0.2, 0.25) is 0 Å². The van der Waals surface area contributed by atoms with Crippen molar-refractivity contribution in [3.8, 4) is 0 Å². The second-order valence-electron chi connectivity index (χ2n) is 4.29. The zero-order valence-corrected chi connectivity index (χ0v) is 9.17. The van der Waals surface area contributed by atoms with Crippen LogP contribution in [-0.4, -0.2) is 18.2 Å². The summed E-state index contributed by atoms with van der Waals surface area (Å²) in [6.07, 6.45) is 1.31. The third-order valence-electron chi connectivity index (χ3n) is 3.23. The summed E-state index contributed by atoms with van der Waals surface area (Å²) < 4.78 is 13.3. The zero-order valence-electron chi connectivity index (χ0n) is 9.17. The van der Waals surface area contributed by atoms with E-state index in [0.717, 1.165) is 18.7 Å². The maximum absolute atomic E-state index is 13.3. The fourth-order valence-electron chi connectivity index (χ4n) is 2.15. The van der Waals surface area contributed by atoms with E-state index in [9.17, 15) is 9.50 Å². The minimum absolute atomic E-state index is 0.161. The molecule has 0 saturated carbocycles. The molecule has 1 saturated heterocycles. The zero-order chi connectivity index (χ0) is 11.6. The van der Waals surface area contributed by atoms with E-state index in [-0.39, 0.29) is 12.4 Å². The smallest absolute Gasteiger partial charge is 0.127 e. The van der Waals surface area contributed by atoms with Gasteiger partial charge in [0.05, 0.1) is 5.60 Å². The largest absolute Gasteiger partial charge is 0.385 e. The predicted octanol–water partition coefficient (Wildman–Crippen LogP) is 0.855. The van der Waals surface area contributed by atoms with Gasteiger partial charge in [0, 0.05) is 12.1 Å². The number of nitrogens with one attached hydrogen (secondary N) is 1. The first-order chi connectivity index (χ1) is 7.65. The van der Waals surface area contributed by atoms with Gasteiger partial charge in [-0.1, -0.05) is 6.07 Å². The number of piperidine rings is 1. The number of hydrogen-bond donors (Lipinski definition) is 3. The summed E-state index contributed by atoms with van der Waals surface area (Å²) >= 11 is 0. The molecule has 1 aliphatic rings. The molecule has 0 unspecified atom stereocenters. The van der Waals surface area contributed by atoms with Crippen LogP contribution in [0.1, 0.15) is 24.0 Å². The third kappa shape index (κ3) is 2.09. The molecule has 2 rings (SSSR count). The molecule has 1 aromatic carbocycles. The van der Waals surface area contributed by atoms with Gasteiger partial charge in [-0.15, -0.1) is 0 Å². The lowest BCUT2D eigenvalue weighted by molar-refractivity contribution is 0.00582. The van der Waals surface area contributed by atoms with Crippen LogP contribution < -0.4 is 11.1 Å². The van der Waals surface area contributed by atoms with Crippen molar-refractivity contribution in [3.63, 3.8) is 0 Å². The monoisotopic (exact) mass is 224 g/mol. The molecular weight excluding hydrogens is 207 g/mol. The lowest BCUT2D eigenvalue weighted by atomic mass is 9.84. The Labute approximate surface area is 94.5 Å². The fourth-order valence-corrected chi connectivity index (χ4v) is 2.15. The van der Waals surface area contributed by atoms with Crippen LogP contribution >= 0.6 is 0 Å². The van der Waals surface area contributed by atoms with Gasteiger partial charge in [0.25, 0.3) is 0 Å². The molecule has 1 aromatic rings. The van der Waals surface area contributed by atoms with Crippen molar-refractivity contribution in [2.45, 2.75) is 25.0 Å². The molecule has 0 aliphatic carbocycles. The Morgan fingerprint density at radius 3 is 2.69 bits per heavy atom. The Kier molecular flexibility index (Phi) is 3.23. The second kappa shape index (κ2) is 4.49. The molecule has 1 fully saturated rings. The van der Waals surface area contributed by atoms with Crippen LogP contribution in [0.5, 0.6) is 0 Å². The average molecular weight is 224 g/mol. The Morgan fingerprint density at radius 1 is 1.38 bits per heavy atom. The number of hydrogen-bond acceptors (Lipinski definition) is 3. The van der Waals surface area contributed by atoms with E-state index in [0.29, 0.717) is 18.4 Å². The first kappa shape index (κ1) is 11.5. The summed E-state index contributed by atoms with van der Waals surface area (Å²) in [6, 6.07) is 4.72. The Hall–Kier alpha value is -0.970. The van der Waals surface area contributed by atoms with Gasteiger partial charge in [-0.05, 0) is 43.6 Å². The Balaban J connectivity index is 2.32. The van der Waals surface area contributed by atoms with Crippen LogP contribution in [-0.2, 0) is 12.1 Å². The molecule has 4 N–H and O–H groups in total. The molecule has 88 valence electrons. The van der Waals surface area contributed by atoms with Crippen LogP contribution in [0.4, 0.5) is 4.39 Å². The van der Waals surface area contributed by atoms with E-state index >= 15 is 0 Å². The lowest BCUT2D eigenvalue weighted by Gasteiger charge is -2.33. The van der Waals surface area contributed by atoms with E-state index in [4.69, 9.17) is 5.73 Å². The molecule has 0 spiro atoms. The van der Waals surface area contributed by atoms with E-state index in [1.54, 1.807) is 12.1 Å². The maximum Gasteiger partial charge on any atom is 0.127 e. The molecular formula is C12H17FN2O. The molecule has 3 nitrogen and oxygen atoms in total. The summed E-state index contributed by atoms with van der Waals surface area (Å²) in [6.45, 7) is 1.73. The first-order valence-corrected chi connectivity index (χ1v) is 5.58. The lowest BCUT2D eigenvalue weighted by Crippen LogP contribution is -2.39. The van der Waals surface area contributed by atoms with Gasteiger partial charge in [0.15, 0.2) is 0 Å². The van der Waals surface area contributed by atoms with Crippen LogP contribution in [0.15, 0.2) is 18.2 Å². The minimum Gasteiger partial charge on any atom is -0.385 e. The van der Waals surface area contributed by atoms with Crippen molar-refractivity contribution in [1.82, 2.24) is 5.32 Å². The summed E-state index contributed by atoms with van der Waals surface area (Å²) in [4.78, 5) is 0. The topological polar surface area (TPSA) is 58.3 Å². The highest BCUT2D eigenvalue weighted by molar-refractivity contribution is 5.30. The van der Waals surface area contributed by atoms with E-state index < -0.39 is 5.60 Å². The van der Waals surface area contributed by atoms with Gasteiger partial charge in [-0.2, -0.15) is 0 Å². The molecule has 16 heavy (non-hydrogen) atoms. The SMILES string of the molecule is NCc1cc(C2(O)CCNCC2)ccc1F. The van der Waals surface area contributed by atoms with Crippen molar-refractivity contribution in [1.29, 1.82) is 0 Å². The van der Waals surface area contributed by atoms with Gasteiger partial charge < -0.3 is 16.2 Å². The summed E-state index contributed by atoms with van der Waals surface area (Å²) in [5.74, 6) is -0.302. The molecule has 0 aromatic heterocycles. The average Bonchev–Trinajstić information content (AvgIpc) is 2.30. The van der Waals surface area contributed by atoms with Crippen LogP contribution in [0.3, 0.4) is 0 Å². The highest BCUT2D eigenvalue weighted by Gasteiger charge is 2.31. The first-order valence-electron chi connectivity index (χ1n) is 5.58. The molecule has 0 amide bonds. The standard InChI is InChI=1S/C12H17FN2O/c13-11-2-1-10(7-9(11)8-14)12(16)3-5-15-6-4-12/h1-2,7,15-16H,3-6,8,14H2. The van der Waals surface area contributed by atoms with Crippen LogP contribution in [0, 0.1) is 5.82 Å². The number of halogens is 1. The normalized spacial score (nSPS) is 19.7. The number of benzene rings is 1. The van der Waals surface area contributed by atoms with Crippen molar-refractivity contribution in [2.75, 3.05) is 13.1 Å². The highest BCUT2D eigenvalue weighted by atomic mass is 19.1. The highest BCUT2D eigenvalue weighted by Crippen LogP contribution is 2.31. The van der Waals surface area contributed by atoms with Crippen molar-refractivity contribution >= 4 is 0 Å². The molecule has 4 heteroatoms. The fraction of sp³-hybridized carbons (Fsp3) is 0.500. The minimum atomic E-state index is -0.830. The van der Waals surface area contributed by atoms with Crippen molar-refractivity contribution < 1.29 is 9.50 Å². The van der Waals surface area contributed by atoms with Gasteiger partial charge in [-0.25, -0.2) is 4.39 Å². The Bertz CT molecular complexity index is 375. The van der Waals surface area contributed by atoms with Gasteiger partial charge in [-0.3, -0.25) is 0 Å². The second-order valence-corrected chi connectivity index (χ2v) is 4.29. The summed E-state index contributed by atoms with van der Waals surface area (Å²) in [5.41, 5.74) is 5.86. The van der Waals surface area contributed by atoms with Crippen molar-refractivity contribution in [2.24, 2.45) is 5.73 Å². The number of rotatable bonds is 2. The maximum atomic E-state index is 13.3. The van der Waals surface area contributed by atoms with E-state index in [1.807, 2.05) is 0 Å². The molecule has 1 heterocycles. The summed E-state index contributed by atoms with van der Waals surface area (Å²) in [7, 11) is 0. The summed E-state index contributed by atoms with van der Waals surface area (Å²) in [5, 5.41) is 13.6. The van der Waals surface area contributed by atoms with Crippen LogP contribution in [0.2, 0.25) is 0 Å². The van der Waals surface area contributed by atoms with Gasteiger partial charge in [0.1, 0.15) is 5.82 Å². The molecule has 0 atom stereocenters. The molecule has 0 bridgehead atoms. The molecule has 0 radical (unpaired) electrons. The van der Waals surface area contributed by atoms with Crippen molar-refractivity contribution in [3.05, 3.63) is 35.1 Å². The van der Waals surface area contributed by atoms with Crippen LogP contribution in [0.25, 0.3) is 0 Å². The Morgan fingerprint density at radius 2 is 2.06 bits per heavy atom. The van der Waals surface area contributed by atoms with E-state index in [1.165, 1.54) is 6.07 Å². The predicted molar refractivity (Wildman–Crippen MR) is 60.3 cm³/mol. The molecule has 1 aliphatic heterocycles. The number of aliphatic hydroxyl groups is 1. The van der Waals surface area contributed by atoms with Gasteiger partial charge >= 0.3 is 0 Å². The van der Waals surface area contributed by atoms with E-state index in [2.05, 4.69) is 5.32 Å². The number of nitrogens with two attached hydrogens (primary N) is 1. The third-order valence-corrected chi connectivity index (χ3v) is 3.23. The quantitative estimate of drug-likeness (QED) is 0.698.